The minimum atomic E-state index is -1.37. The summed E-state index contributed by atoms with van der Waals surface area (Å²) in [5.41, 5.74) is 4.39. The smallest absolute Gasteiger partial charge is 0.341 e. The second-order valence-electron chi connectivity index (χ2n) is 2.20. The third-order valence-electron chi connectivity index (χ3n) is 1.41. The zero-order valence-electron chi connectivity index (χ0n) is 5.98. The van der Waals surface area contributed by atoms with Gasteiger partial charge in [0.05, 0.1) is 5.69 Å². The van der Waals surface area contributed by atoms with Gasteiger partial charge in [-0.3, -0.25) is 0 Å². The molecular formula is C7H7NO4. The van der Waals surface area contributed by atoms with Gasteiger partial charge in [-0.2, -0.15) is 0 Å². The van der Waals surface area contributed by atoms with E-state index in [9.17, 15) is 4.79 Å². The average Bonchev–Trinajstić information content (AvgIpc) is 1.97. The number of hydrogen-bond donors (Lipinski definition) is 4. The number of aromatic carboxylic acids is 1. The Balaban J connectivity index is 3.43. The highest BCUT2D eigenvalue weighted by Crippen LogP contribution is 2.30. The predicted octanol–water partition coefficient (Wildman–Crippen LogP) is 0.378. The molecule has 0 atom stereocenters. The van der Waals surface area contributed by atoms with Gasteiger partial charge < -0.3 is 21.1 Å². The number of carbonyl (C=O) groups is 1. The van der Waals surface area contributed by atoms with Gasteiger partial charge in [-0.15, -0.1) is 0 Å². The summed E-state index contributed by atoms with van der Waals surface area (Å²) in [6, 6.07) is 2.19. The molecular weight excluding hydrogens is 162 g/mol. The largest absolute Gasteiger partial charge is 0.507 e. The van der Waals surface area contributed by atoms with Crippen LogP contribution in [0.5, 0.6) is 11.5 Å². The van der Waals surface area contributed by atoms with Gasteiger partial charge in [-0.05, 0) is 12.1 Å². The minimum absolute atomic E-state index is 0.331. The highest BCUT2D eigenvalue weighted by atomic mass is 16.4. The number of rotatable bonds is 1. The zero-order valence-corrected chi connectivity index (χ0v) is 5.98. The second-order valence-corrected chi connectivity index (χ2v) is 2.20. The summed E-state index contributed by atoms with van der Waals surface area (Å²) >= 11 is 0. The Morgan fingerprint density at radius 1 is 1.25 bits per heavy atom. The second kappa shape index (κ2) is 2.61. The molecule has 0 saturated carbocycles. The molecule has 0 spiro atoms. The molecule has 0 saturated heterocycles. The fraction of sp³-hybridized carbons (Fsp3) is 0. The number of benzene rings is 1. The summed E-state index contributed by atoms with van der Waals surface area (Å²) in [5.74, 6) is -2.19. The summed E-state index contributed by atoms with van der Waals surface area (Å²) in [6.45, 7) is 0. The molecule has 0 amide bonds. The van der Waals surface area contributed by atoms with Crippen LogP contribution in [0.25, 0.3) is 0 Å². The first-order valence-corrected chi connectivity index (χ1v) is 3.07. The van der Waals surface area contributed by atoms with Crippen LogP contribution in [0.15, 0.2) is 12.1 Å². The standard InChI is InChI=1S/C7H7NO4/c8-6-4(10)2-1-3(9)5(6)7(11)12/h1-2,9-10H,8H2,(H,11,12). The van der Waals surface area contributed by atoms with Crippen LogP contribution < -0.4 is 5.73 Å². The van der Waals surface area contributed by atoms with E-state index < -0.39 is 17.3 Å². The Hall–Kier alpha value is -1.91. The number of carboxylic acids is 1. The van der Waals surface area contributed by atoms with Crippen LogP contribution >= 0.6 is 0 Å². The van der Waals surface area contributed by atoms with Crippen molar-refractivity contribution in [3.05, 3.63) is 17.7 Å². The predicted molar refractivity (Wildman–Crippen MR) is 41.1 cm³/mol. The molecule has 0 aliphatic carbocycles. The molecule has 12 heavy (non-hydrogen) atoms. The lowest BCUT2D eigenvalue weighted by Gasteiger charge is -2.04. The third kappa shape index (κ3) is 1.12. The molecule has 5 nitrogen and oxygen atoms in total. The van der Waals surface area contributed by atoms with E-state index in [4.69, 9.17) is 21.1 Å². The quantitative estimate of drug-likeness (QED) is 0.276. The molecule has 0 heterocycles. The molecule has 64 valence electrons. The molecule has 5 N–H and O–H groups in total. The van der Waals surface area contributed by atoms with E-state index >= 15 is 0 Å². The summed E-state index contributed by atoms with van der Waals surface area (Å²) in [5, 5.41) is 26.5. The Bertz CT molecular complexity index is 334. The van der Waals surface area contributed by atoms with Crippen LogP contribution in [-0.2, 0) is 0 Å². The first-order chi connectivity index (χ1) is 5.54. The van der Waals surface area contributed by atoms with Crippen molar-refractivity contribution in [2.75, 3.05) is 5.73 Å². The van der Waals surface area contributed by atoms with Crippen molar-refractivity contribution in [2.24, 2.45) is 0 Å². The van der Waals surface area contributed by atoms with Gasteiger partial charge in [0.25, 0.3) is 0 Å². The lowest BCUT2D eigenvalue weighted by Crippen LogP contribution is -2.02. The lowest BCUT2D eigenvalue weighted by atomic mass is 10.1. The Morgan fingerprint density at radius 3 is 2.17 bits per heavy atom. The van der Waals surface area contributed by atoms with Crippen LogP contribution in [-0.4, -0.2) is 21.3 Å². The summed E-state index contributed by atoms with van der Waals surface area (Å²) in [7, 11) is 0. The highest BCUT2D eigenvalue weighted by molar-refractivity contribution is 5.98. The molecule has 0 fully saturated rings. The molecule has 0 aliphatic heterocycles. The van der Waals surface area contributed by atoms with Crippen LogP contribution in [0, 0.1) is 0 Å². The molecule has 1 aromatic rings. The van der Waals surface area contributed by atoms with Crippen molar-refractivity contribution in [1.29, 1.82) is 0 Å². The zero-order chi connectivity index (χ0) is 9.30. The van der Waals surface area contributed by atoms with Crippen molar-refractivity contribution in [1.82, 2.24) is 0 Å². The maximum Gasteiger partial charge on any atom is 0.341 e. The van der Waals surface area contributed by atoms with Crippen molar-refractivity contribution < 1.29 is 20.1 Å². The van der Waals surface area contributed by atoms with Gasteiger partial charge in [0.15, 0.2) is 0 Å². The van der Waals surface area contributed by atoms with Crippen LogP contribution in [0.1, 0.15) is 10.4 Å². The third-order valence-corrected chi connectivity index (χ3v) is 1.41. The average molecular weight is 169 g/mol. The monoisotopic (exact) mass is 169 g/mol. The van der Waals surface area contributed by atoms with Crippen molar-refractivity contribution in [2.45, 2.75) is 0 Å². The maximum atomic E-state index is 10.4. The van der Waals surface area contributed by atoms with E-state index in [-0.39, 0.29) is 11.4 Å². The van der Waals surface area contributed by atoms with E-state index in [0.29, 0.717) is 0 Å². The van der Waals surface area contributed by atoms with E-state index in [2.05, 4.69) is 0 Å². The van der Waals surface area contributed by atoms with Gasteiger partial charge >= 0.3 is 5.97 Å². The maximum absolute atomic E-state index is 10.4. The van der Waals surface area contributed by atoms with Crippen LogP contribution in [0.3, 0.4) is 0 Å². The van der Waals surface area contributed by atoms with E-state index in [1.54, 1.807) is 0 Å². The Morgan fingerprint density at radius 2 is 1.75 bits per heavy atom. The van der Waals surface area contributed by atoms with Crippen molar-refractivity contribution in [3.63, 3.8) is 0 Å². The SMILES string of the molecule is Nc1c(O)ccc(O)c1C(=O)O. The number of phenolic OH excluding ortho intramolecular Hbond substituents is 1. The molecule has 1 rings (SSSR count). The van der Waals surface area contributed by atoms with Crippen molar-refractivity contribution in [3.8, 4) is 11.5 Å². The van der Waals surface area contributed by atoms with Gasteiger partial charge in [-0.25, -0.2) is 4.79 Å². The van der Waals surface area contributed by atoms with E-state index in [0.717, 1.165) is 12.1 Å². The van der Waals surface area contributed by atoms with Gasteiger partial charge in [0, 0.05) is 0 Å². The molecule has 0 aromatic heterocycles. The molecule has 0 radical (unpaired) electrons. The number of aromatic hydroxyl groups is 2. The molecule has 0 unspecified atom stereocenters. The number of nitrogens with two attached hydrogens (primary N) is 1. The van der Waals surface area contributed by atoms with Crippen LogP contribution in [0.4, 0.5) is 5.69 Å². The summed E-state index contributed by atoms with van der Waals surface area (Å²) in [6.07, 6.45) is 0. The summed E-state index contributed by atoms with van der Waals surface area (Å²) in [4.78, 5) is 10.4. The van der Waals surface area contributed by atoms with E-state index in [1.807, 2.05) is 0 Å². The van der Waals surface area contributed by atoms with E-state index in [1.165, 1.54) is 0 Å². The normalized spacial score (nSPS) is 9.67. The van der Waals surface area contributed by atoms with Crippen molar-refractivity contribution >= 4 is 11.7 Å². The minimum Gasteiger partial charge on any atom is -0.507 e. The van der Waals surface area contributed by atoms with Gasteiger partial charge in [-0.1, -0.05) is 0 Å². The molecule has 5 heteroatoms. The number of nitrogen functional groups attached to an aromatic ring is 1. The fourth-order valence-electron chi connectivity index (χ4n) is 0.822. The molecule has 0 bridgehead atoms. The number of anilines is 1. The number of phenols is 2. The highest BCUT2D eigenvalue weighted by Gasteiger charge is 2.15. The Kier molecular flexibility index (Phi) is 1.78. The topological polar surface area (TPSA) is 104 Å². The molecule has 0 aliphatic rings. The number of carboxylic acid groups (broad SMARTS) is 1. The first-order valence-electron chi connectivity index (χ1n) is 3.07. The lowest BCUT2D eigenvalue weighted by molar-refractivity contribution is 0.0694. The van der Waals surface area contributed by atoms with Crippen LogP contribution in [0.2, 0.25) is 0 Å². The number of hydrogen-bond acceptors (Lipinski definition) is 4. The Labute approximate surface area is 67.7 Å². The van der Waals surface area contributed by atoms with Gasteiger partial charge in [0.2, 0.25) is 0 Å². The first kappa shape index (κ1) is 8.19. The fourth-order valence-corrected chi connectivity index (χ4v) is 0.822. The molecule has 1 aromatic carbocycles. The summed E-state index contributed by atoms with van der Waals surface area (Å²) < 4.78 is 0. The van der Waals surface area contributed by atoms with Gasteiger partial charge in [0.1, 0.15) is 17.1 Å².